The van der Waals surface area contributed by atoms with Gasteiger partial charge in [-0.3, -0.25) is 4.79 Å². The first-order chi connectivity index (χ1) is 9.77. The Balaban J connectivity index is 1.92. The van der Waals surface area contributed by atoms with Gasteiger partial charge in [0, 0.05) is 12.3 Å². The van der Waals surface area contributed by atoms with E-state index in [9.17, 15) is 15.0 Å². The van der Waals surface area contributed by atoms with Crippen LogP contribution in [-0.4, -0.2) is 63.8 Å². The SMILES string of the molecule is CC1(C)O[C@@H]2[C@@H](CO)O[C@@H](N3C=CC(=O)NC3O)[C@]2(C)O1. The van der Waals surface area contributed by atoms with Gasteiger partial charge in [-0.1, -0.05) is 0 Å². The molecule has 2 saturated heterocycles. The molecule has 0 aliphatic carbocycles. The van der Waals surface area contributed by atoms with Crippen LogP contribution in [0, 0.1) is 0 Å². The quantitative estimate of drug-likeness (QED) is 0.591. The second kappa shape index (κ2) is 4.65. The molecule has 0 aromatic heterocycles. The first-order valence-electron chi connectivity index (χ1n) is 6.85. The predicted octanol–water partition coefficient (Wildman–Crippen LogP) is -1.16. The van der Waals surface area contributed by atoms with Gasteiger partial charge in [0.1, 0.15) is 17.8 Å². The maximum Gasteiger partial charge on any atom is 0.248 e. The van der Waals surface area contributed by atoms with Gasteiger partial charge in [0.25, 0.3) is 0 Å². The van der Waals surface area contributed by atoms with Crippen LogP contribution >= 0.6 is 0 Å². The summed E-state index contributed by atoms with van der Waals surface area (Å²) in [6, 6.07) is 0. The Morgan fingerprint density at radius 2 is 2.14 bits per heavy atom. The molecule has 0 aromatic carbocycles. The van der Waals surface area contributed by atoms with Gasteiger partial charge in [-0.25, -0.2) is 0 Å². The van der Waals surface area contributed by atoms with E-state index in [1.165, 1.54) is 17.2 Å². The minimum Gasteiger partial charge on any atom is -0.394 e. The Hall–Kier alpha value is -1.19. The number of aliphatic hydroxyl groups is 2. The van der Waals surface area contributed by atoms with Crippen LogP contribution in [0.5, 0.6) is 0 Å². The van der Waals surface area contributed by atoms with Crippen molar-refractivity contribution in [3.8, 4) is 0 Å². The molecule has 0 aromatic rings. The van der Waals surface area contributed by atoms with Gasteiger partial charge in [0.2, 0.25) is 12.3 Å². The van der Waals surface area contributed by atoms with Crippen molar-refractivity contribution in [3.05, 3.63) is 12.3 Å². The lowest BCUT2D eigenvalue weighted by atomic mass is 9.96. The highest BCUT2D eigenvalue weighted by molar-refractivity contribution is 5.88. The summed E-state index contributed by atoms with van der Waals surface area (Å²) in [5.41, 5.74) is -0.885. The summed E-state index contributed by atoms with van der Waals surface area (Å²) in [5, 5.41) is 21.9. The minimum absolute atomic E-state index is 0.226. The Bertz CT molecular complexity index is 481. The average Bonchev–Trinajstić information content (AvgIpc) is 2.76. The third kappa shape index (κ3) is 2.23. The maximum atomic E-state index is 11.2. The lowest BCUT2D eigenvalue weighted by molar-refractivity contribution is -0.237. The zero-order valence-corrected chi connectivity index (χ0v) is 12.1. The molecule has 0 saturated carbocycles. The van der Waals surface area contributed by atoms with E-state index in [0.29, 0.717) is 0 Å². The average molecular weight is 300 g/mol. The fourth-order valence-corrected chi connectivity index (χ4v) is 3.24. The number of carbonyl (C=O) groups excluding carboxylic acids is 1. The number of hydrogen-bond acceptors (Lipinski definition) is 7. The zero-order valence-electron chi connectivity index (χ0n) is 12.1. The Kier molecular flexibility index (Phi) is 3.26. The molecule has 1 amide bonds. The summed E-state index contributed by atoms with van der Waals surface area (Å²) in [6.45, 7) is 5.15. The summed E-state index contributed by atoms with van der Waals surface area (Å²) in [5.74, 6) is -1.20. The van der Waals surface area contributed by atoms with Crippen LogP contribution in [0.2, 0.25) is 0 Å². The number of rotatable bonds is 2. The molecule has 0 radical (unpaired) electrons. The molecule has 3 aliphatic heterocycles. The summed E-state index contributed by atoms with van der Waals surface area (Å²) < 4.78 is 17.6. The van der Waals surface area contributed by atoms with E-state index in [1.54, 1.807) is 13.8 Å². The van der Waals surface area contributed by atoms with E-state index >= 15 is 0 Å². The largest absolute Gasteiger partial charge is 0.394 e. The van der Waals surface area contributed by atoms with Gasteiger partial charge in [-0.15, -0.1) is 0 Å². The lowest BCUT2D eigenvalue weighted by Crippen LogP contribution is -2.59. The second-order valence-corrected chi connectivity index (χ2v) is 6.08. The first kappa shape index (κ1) is 14.7. The van der Waals surface area contributed by atoms with Gasteiger partial charge in [-0.2, -0.15) is 0 Å². The third-order valence-corrected chi connectivity index (χ3v) is 3.98. The smallest absolute Gasteiger partial charge is 0.248 e. The van der Waals surface area contributed by atoms with Gasteiger partial charge in [-0.05, 0) is 20.8 Å². The van der Waals surface area contributed by atoms with Crippen molar-refractivity contribution in [2.45, 2.75) is 56.9 Å². The van der Waals surface area contributed by atoms with E-state index in [4.69, 9.17) is 14.2 Å². The van der Waals surface area contributed by atoms with Gasteiger partial charge in [0.05, 0.1) is 6.61 Å². The minimum atomic E-state index is -1.23. The number of amides is 1. The summed E-state index contributed by atoms with van der Waals surface area (Å²) in [7, 11) is 0. The maximum absolute atomic E-state index is 11.2. The molecule has 8 heteroatoms. The van der Waals surface area contributed by atoms with Crippen molar-refractivity contribution >= 4 is 5.91 Å². The van der Waals surface area contributed by atoms with E-state index in [1.807, 2.05) is 6.92 Å². The Morgan fingerprint density at radius 1 is 1.43 bits per heavy atom. The fourth-order valence-electron chi connectivity index (χ4n) is 3.24. The number of nitrogens with one attached hydrogen (secondary N) is 1. The van der Waals surface area contributed by atoms with Crippen LogP contribution in [0.3, 0.4) is 0 Å². The van der Waals surface area contributed by atoms with Crippen molar-refractivity contribution in [2.75, 3.05) is 6.61 Å². The summed E-state index contributed by atoms with van der Waals surface area (Å²) in [6.07, 6.45) is -0.226. The van der Waals surface area contributed by atoms with E-state index < -0.39 is 36.2 Å². The normalized spacial score (nSPS) is 44.8. The van der Waals surface area contributed by atoms with Gasteiger partial charge in [0.15, 0.2) is 12.0 Å². The fraction of sp³-hybridized carbons (Fsp3) is 0.769. The monoisotopic (exact) mass is 300 g/mol. The van der Waals surface area contributed by atoms with E-state index in [-0.39, 0.29) is 12.5 Å². The Morgan fingerprint density at radius 3 is 2.76 bits per heavy atom. The highest BCUT2D eigenvalue weighted by atomic mass is 16.8. The van der Waals surface area contributed by atoms with Crippen molar-refractivity contribution in [3.63, 3.8) is 0 Å². The zero-order chi connectivity index (χ0) is 15.4. The second-order valence-electron chi connectivity index (χ2n) is 6.08. The van der Waals surface area contributed by atoms with Crippen LogP contribution in [0.1, 0.15) is 20.8 Å². The molecule has 118 valence electrons. The molecule has 5 atom stereocenters. The Labute approximate surface area is 122 Å². The van der Waals surface area contributed by atoms with Gasteiger partial charge < -0.3 is 34.6 Å². The third-order valence-electron chi connectivity index (χ3n) is 3.98. The molecule has 3 rings (SSSR count). The molecule has 21 heavy (non-hydrogen) atoms. The number of aliphatic hydroxyl groups excluding tert-OH is 2. The molecule has 0 spiro atoms. The lowest BCUT2D eigenvalue weighted by Gasteiger charge is -2.40. The molecule has 1 unspecified atom stereocenters. The number of carbonyl (C=O) groups is 1. The molecule has 8 nitrogen and oxygen atoms in total. The van der Waals surface area contributed by atoms with Crippen LogP contribution in [0.15, 0.2) is 12.3 Å². The summed E-state index contributed by atoms with van der Waals surface area (Å²) >= 11 is 0. The van der Waals surface area contributed by atoms with Crippen molar-refractivity contribution in [1.29, 1.82) is 0 Å². The molecule has 2 fully saturated rings. The van der Waals surface area contributed by atoms with Gasteiger partial charge >= 0.3 is 0 Å². The predicted molar refractivity (Wildman–Crippen MR) is 69.3 cm³/mol. The van der Waals surface area contributed by atoms with E-state index in [0.717, 1.165) is 0 Å². The number of nitrogens with zero attached hydrogens (tertiary/aromatic N) is 1. The number of ether oxygens (including phenoxy) is 3. The highest BCUT2D eigenvalue weighted by Crippen LogP contribution is 2.47. The number of fused-ring (bicyclic) bond motifs is 1. The number of hydrogen-bond donors (Lipinski definition) is 3. The van der Waals surface area contributed by atoms with Crippen LogP contribution in [0.4, 0.5) is 0 Å². The van der Waals surface area contributed by atoms with Crippen LogP contribution in [-0.2, 0) is 19.0 Å². The molecule has 3 heterocycles. The molecule has 0 bridgehead atoms. The van der Waals surface area contributed by atoms with Crippen LogP contribution < -0.4 is 5.32 Å². The first-order valence-corrected chi connectivity index (χ1v) is 6.85. The van der Waals surface area contributed by atoms with Crippen molar-refractivity contribution < 1.29 is 29.2 Å². The molecule has 3 aliphatic rings. The highest BCUT2D eigenvalue weighted by Gasteiger charge is 2.65. The summed E-state index contributed by atoms with van der Waals surface area (Å²) in [4.78, 5) is 12.7. The molecular formula is C13H20N2O6. The van der Waals surface area contributed by atoms with Crippen LogP contribution in [0.25, 0.3) is 0 Å². The van der Waals surface area contributed by atoms with E-state index in [2.05, 4.69) is 5.32 Å². The topological polar surface area (TPSA) is 100 Å². The standard InChI is InChI=1S/C13H20N2O6/c1-12(2)20-9-7(6-16)19-10(13(9,3)21-12)15-5-4-8(17)14-11(15)18/h4-5,7,9-11,16,18H,6H2,1-3H3,(H,14,17)/t7-,9-,10-,11?,13-/m1/s1. The van der Waals surface area contributed by atoms with Crippen molar-refractivity contribution in [1.82, 2.24) is 10.2 Å². The molecule has 3 N–H and O–H groups in total. The van der Waals surface area contributed by atoms with Crippen molar-refractivity contribution in [2.24, 2.45) is 0 Å². The molecular weight excluding hydrogens is 280 g/mol.